The summed E-state index contributed by atoms with van der Waals surface area (Å²) < 4.78 is 0. The average molecular weight is 163 g/mol. The zero-order valence-corrected chi connectivity index (χ0v) is 7.33. The zero-order valence-electron chi connectivity index (χ0n) is 7.33. The lowest BCUT2D eigenvalue weighted by atomic mass is 9.85. The molecule has 1 aliphatic heterocycles. The third-order valence-electron chi connectivity index (χ3n) is 2.60. The quantitative estimate of drug-likeness (QED) is 0.610. The van der Waals surface area contributed by atoms with E-state index in [0.717, 1.165) is 5.69 Å². The van der Waals surface area contributed by atoms with Gasteiger partial charge < -0.3 is 10.4 Å². The van der Waals surface area contributed by atoms with Crippen molar-refractivity contribution in [3.8, 4) is 0 Å². The molecular formula is C10H13NO. The number of anilines is 1. The van der Waals surface area contributed by atoms with E-state index in [2.05, 4.69) is 11.4 Å². The maximum Gasteiger partial charge on any atom is 0.133 e. The summed E-state index contributed by atoms with van der Waals surface area (Å²) in [7, 11) is 0. The molecule has 0 saturated heterocycles. The van der Waals surface area contributed by atoms with Crippen LogP contribution < -0.4 is 5.32 Å². The Kier molecular flexibility index (Phi) is 1.42. The summed E-state index contributed by atoms with van der Waals surface area (Å²) in [6.07, 6.45) is -0.463. The lowest BCUT2D eigenvalue weighted by Gasteiger charge is -2.22. The van der Waals surface area contributed by atoms with E-state index >= 15 is 0 Å². The van der Waals surface area contributed by atoms with Crippen LogP contribution in [0.1, 0.15) is 19.4 Å². The average Bonchev–Trinajstić information content (AvgIpc) is 2.25. The number of aliphatic hydroxyl groups is 1. The van der Waals surface area contributed by atoms with Gasteiger partial charge >= 0.3 is 0 Å². The van der Waals surface area contributed by atoms with Gasteiger partial charge in [0, 0.05) is 11.1 Å². The minimum absolute atomic E-state index is 0.170. The predicted octanol–water partition coefficient (Wildman–Crippen LogP) is 1.71. The Hall–Kier alpha value is -1.02. The summed E-state index contributed by atoms with van der Waals surface area (Å²) in [5.41, 5.74) is 2.07. The first kappa shape index (κ1) is 7.62. The normalized spacial score (nSPS) is 24.8. The number of fused-ring (bicyclic) bond motifs is 1. The Morgan fingerprint density at radius 1 is 1.33 bits per heavy atom. The van der Waals surface area contributed by atoms with Crippen LogP contribution in [-0.2, 0) is 5.41 Å². The number of rotatable bonds is 0. The highest BCUT2D eigenvalue weighted by atomic mass is 16.3. The van der Waals surface area contributed by atoms with Crippen LogP contribution in [0.15, 0.2) is 24.3 Å². The molecule has 2 nitrogen and oxygen atoms in total. The summed E-state index contributed by atoms with van der Waals surface area (Å²) in [5, 5.41) is 12.7. The standard InChI is InChI=1S/C10H13NO/c1-10(2)7-5-3-4-6-8(7)11-9(10)12/h3-6,9,11-12H,1-2H3. The van der Waals surface area contributed by atoms with Crippen molar-refractivity contribution in [3.63, 3.8) is 0 Å². The Morgan fingerprint density at radius 2 is 2.00 bits per heavy atom. The first-order valence-corrected chi connectivity index (χ1v) is 4.16. The molecule has 2 rings (SSSR count). The predicted molar refractivity (Wildman–Crippen MR) is 49.1 cm³/mol. The number of benzene rings is 1. The van der Waals surface area contributed by atoms with Gasteiger partial charge in [-0.1, -0.05) is 32.0 Å². The van der Waals surface area contributed by atoms with Crippen molar-refractivity contribution < 1.29 is 5.11 Å². The molecule has 0 amide bonds. The van der Waals surface area contributed by atoms with Gasteiger partial charge in [0.05, 0.1) is 0 Å². The van der Waals surface area contributed by atoms with Crippen molar-refractivity contribution in [2.45, 2.75) is 25.5 Å². The van der Waals surface area contributed by atoms with Crippen LogP contribution in [0.4, 0.5) is 5.69 Å². The molecule has 1 aromatic rings. The minimum atomic E-state index is -0.463. The molecule has 12 heavy (non-hydrogen) atoms. The van der Waals surface area contributed by atoms with Gasteiger partial charge in [0.25, 0.3) is 0 Å². The van der Waals surface area contributed by atoms with Gasteiger partial charge in [-0.25, -0.2) is 0 Å². The molecule has 1 aliphatic rings. The number of para-hydroxylation sites is 1. The largest absolute Gasteiger partial charge is 0.373 e. The maximum absolute atomic E-state index is 9.67. The van der Waals surface area contributed by atoms with Gasteiger partial charge in [-0.3, -0.25) is 0 Å². The highest BCUT2D eigenvalue weighted by Crippen LogP contribution is 2.39. The summed E-state index contributed by atoms with van der Waals surface area (Å²) in [6.45, 7) is 4.08. The topological polar surface area (TPSA) is 32.3 Å². The molecule has 0 fully saturated rings. The molecule has 0 aromatic heterocycles. The van der Waals surface area contributed by atoms with Gasteiger partial charge in [-0.2, -0.15) is 0 Å². The van der Waals surface area contributed by atoms with Crippen LogP contribution in [0.5, 0.6) is 0 Å². The number of aliphatic hydroxyl groups excluding tert-OH is 1. The number of nitrogens with one attached hydrogen (secondary N) is 1. The second-order valence-electron chi connectivity index (χ2n) is 3.81. The molecule has 1 aromatic carbocycles. The Balaban J connectivity index is 2.55. The fourth-order valence-corrected chi connectivity index (χ4v) is 1.65. The van der Waals surface area contributed by atoms with Crippen molar-refractivity contribution in [1.82, 2.24) is 0 Å². The molecule has 1 heterocycles. The fourth-order valence-electron chi connectivity index (χ4n) is 1.65. The summed E-state index contributed by atoms with van der Waals surface area (Å²) in [5.74, 6) is 0. The van der Waals surface area contributed by atoms with E-state index in [0.29, 0.717) is 0 Å². The van der Waals surface area contributed by atoms with Gasteiger partial charge in [-0.15, -0.1) is 0 Å². The maximum atomic E-state index is 9.67. The second kappa shape index (κ2) is 2.23. The van der Waals surface area contributed by atoms with Crippen LogP contribution in [0, 0.1) is 0 Å². The first-order valence-electron chi connectivity index (χ1n) is 4.16. The molecule has 2 N–H and O–H groups in total. The van der Waals surface area contributed by atoms with E-state index in [9.17, 15) is 5.11 Å². The highest BCUT2D eigenvalue weighted by molar-refractivity contribution is 5.60. The Bertz CT molecular complexity index is 306. The van der Waals surface area contributed by atoms with Crippen molar-refractivity contribution in [2.75, 3.05) is 5.32 Å². The number of hydrogen-bond donors (Lipinski definition) is 2. The Labute approximate surface area is 72.2 Å². The molecule has 1 atom stereocenters. The van der Waals surface area contributed by atoms with E-state index in [1.807, 2.05) is 32.0 Å². The minimum Gasteiger partial charge on any atom is -0.373 e. The molecule has 0 radical (unpaired) electrons. The lowest BCUT2D eigenvalue weighted by molar-refractivity contribution is 0.137. The molecule has 64 valence electrons. The van der Waals surface area contributed by atoms with Crippen molar-refractivity contribution in [3.05, 3.63) is 29.8 Å². The van der Waals surface area contributed by atoms with E-state index in [1.165, 1.54) is 5.56 Å². The molecule has 2 heteroatoms. The van der Waals surface area contributed by atoms with E-state index in [1.54, 1.807) is 0 Å². The summed E-state index contributed by atoms with van der Waals surface area (Å²) >= 11 is 0. The van der Waals surface area contributed by atoms with Crippen LogP contribution in [0.3, 0.4) is 0 Å². The van der Waals surface area contributed by atoms with Crippen LogP contribution >= 0.6 is 0 Å². The van der Waals surface area contributed by atoms with Crippen LogP contribution in [0.2, 0.25) is 0 Å². The van der Waals surface area contributed by atoms with Gasteiger partial charge in [0.1, 0.15) is 6.23 Å². The summed E-state index contributed by atoms with van der Waals surface area (Å²) in [4.78, 5) is 0. The second-order valence-corrected chi connectivity index (χ2v) is 3.81. The number of hydrogen-bond acceptors (Lipinski definition) is 2. The third-order valence-corrected chi connectivity index (χ3v) is 2.60. The molecule has 0 spiro atoms. The lowest BCUT2D eigenvalue weighted by Crippen LogP contribution is -2.32. The van der Waals surface area contributed by atoms with Crippen LogP contribution in [0.25, 0.3) is 0 Å². The SMILES string of the molecule is CC1(C)c2ccccc2NC1O. The van der Waals surface area contributed by atoms with Crippen LogP contribution in [-0.4, -0.2) is 11.3 Å². The third kappa shape index (κ3) is 0.847. The fraction of sp³-hybridized carbons (Fsp3) is 0.400. The Morgan fingerprint density at radius 3 is 2.67 bits per heavy atom. The van der Waals surface area contributed by atoms with Crippen molar-refractivity contribution in [1.29, 1.82) is 0 Å². The van der Waals surface area contributed by atoms with Crippen molar-refractivity contribution in [2.24, 2.45) is 0 Å². The molecular weight excluding hydrogens is 150 g/mol. The molecule has 0 aliphatic carbocycles. The monoisotopic (exact) mass is 163 g/mol. The molecule has 0 bridgehead atoms. The molecule has 1 unspecified atom stereocenters. The van der Waals surface area contributed by atoms with E-state index in [4.69, 9.17) is 0 Å². The first-order chi connectivity index (χ1) is 5.62. The summed E-state index contributed by atoms with van der Waals surface area (Å²) in [6, 6.07) is 8.02. The van der Waals surface area contributed by atoms with E-state index in [-0.39, 0.29) is 5.41 Å². The highest BCUT2D eigenvalue weighted by Gasteiger charge is 2.37. The zero-order chi connectivity index (χ0) is 8.77. The van der Waals surface area contributed by atoms with Crippen molar-refractivity contribution >= 4 is 5.69 Å². The van der Waals surface area contributed by atoms with E-state index < -0.39 is 6.23 Å². The van der Waals surface area contributed by atoms with Gasteiger partial charge in [0.2, 0.25) is 0 Å². The molecule has 0 saturated carbocycles. The smallest absolute Gasteiger partial charge is 0.133 e. The van der Waals surface area contributed by atoms with Gasteiger partial charge in [-0.05, 0) is 11.6 Å². The van der Waals surface area contributed by atoms with Gasteiger partial charge in [0.15, 0.2) is 0 Å².